The van der Waals surface area contributed by atoms with E-state index >= 15 is 0 Å². The number of benzene rings is 2. The molecule has 0 bridgehead atoms. The number of rotatable bonds is 4. The maximum absolute atomic E-state index is 12.8. The molecule has 2 aromatic carbocycles. The van der Waals surface area contributed by atoms with Crippen molar-refractivity contribution in [3.63, 3.8) is 0 Å². The molecule has 2 aromatic rings. The van der Waals surface area contributed by atoms with Crippen molar-refractivity contribution >= 4 is 5.91 Å². The molecule has 1 aliphatic carbocycles. The van der Waals surface area contributed by atoms with Crippen LogP contribution in [0.2, 0.25) is 0 Å². The summed E-state index contributed by atoms with van der Waals surface area (Å²) in [5, 5.41) is 3.32. The molecular formula is C21H25NO. The summed E-state index contributed by atoms with van der Waals surface area (Å²) in [7, 11) is 0. The van der Waals surface area contributed by atoms with Gasteiger partial charge in [0.05, 0.1) is 6.04 Å². The molecule has 1 aliphatic rings. The van der Waals surface area contributed by atoms with Gasteiger partial charge in [-0.05, 0) is 36.5 Å². The summed E-state index contributed by atoms with van der Waals surface area (Å²) in [6.45, 7) is 2.11. The second kappa shape index (κ2) is 7.45. The van der Waals surface area contributed by atoms with Crippen LogP contribution in [0.15, 0.2) is 54.6 Å². The largest absolute Gasteiger partial charge is 0.345 e. The standard InChI is InChI=1S/C21H25NO/c1-16-10-8-9-15-19(16)20(17-11-4-2-5-12-17)22-21(23)18-13-6-3-7-14-18/h2,4-5,8-12,15,18,20H,3,6-7,13-14H2,1H3,(H,22,23)/t20-/m0/s1. The molecule has 2 heteroatoms. The first-order valence-electron chi connectivity index (χ1n) is 8.66. The highest BCUT2D eigenvalue weighted by atomic mass is 16.1. The highest BCUT2D eigenvalue weighted by molar-refractivity contribution is 5.79. The summed E-state index contributed by atoms with van der Waals surface area (Å²) in [6, 6.07) is 18.5. The lowest BCUT2D eigenvalue weighted by atomic mass is 9.87. The van der Waals surface area contributed by atoms with Crippen LogP contribution < -0.4 is 5.32 Å². The smallest absolute Gasteiger partial charge is 0.223 e. The fourth-order valence-corrected chi connectivity index (χ4v) is 3.52. The van der Waals surface area contributed by atoms with Crippen LogP contribution >= 0.6 is 0 Å². The van der Waals surface area contributed by atoms with E-state index in [-0.39, 0.29) is 17.9 Å². The Kier molecular flexibility index (Phi) is 5.12. The van der Waals surface area contributed by atoms with E-state index < -0.39 is 0 Å². The van der Waals surface area contributed by atoms with Crippen molar-refractivity contribution in [2.75, 3.05) is 0 Å². The molecule has 0 heterocycles. The van der Waals surface area contributed by atoms with Crippen molar-refractivity contribution < 1.29 is 4.79 Å². The number of hydrogen-bond acceptors (Lipinski definition) is 1. The average Bonchev–Trinajstić information content (AvgIpc) is 2.62. The number of amides is 1. The first kappa shape index (κ1) is 15.8. The van der Waals surface area contributed by atoms with Crippen molar-refractivity contribution in [2.45, 2.75) is 45.1 Å². The van der Waals surface area contributed by atoms with E-state index in [1.807, 2.05) is 30.3 Å². The third kappa shape index (κ3) is 3.82. The van der Waals surface area contributed by atoms with Crippen LogP contribution in [-0.2, 0) is 4.79 Å². The van der Waals surface area contributed by atoms with E-state index in [2.05, 4.69) is 36.5 Å². The second-order valence-electron chi connectivity index (χ2n) is 6.54. The molecule has 0 saturated heterocycles. The molecule has 1 atom stereocenters. The number of aryl methyl sites for hydroxylation is 1. The Morgan fingerprint density at radius 2 is 1.61 bits per heavy atom. The Labute approximate surface area is 138 Å². The fourth-order valence-electron chi connectivity index (χ4n) is 3.52. The molecule has 1 amide bonds. The zero-order chi connectivity index (χ0) is 16.1. The van der Waals surface area contributed by atoms with Gasteiger partial charge in [-0.25, -0.2) is 0 Å². The molecule has 0 aromatic heterocycles. The van der Waals surface area contributed by atoms with Gasteiger partial charge in [-0.1, -0.05) is 73.9 Å². The minimum Gasteiger partial charge on any atom is -0.345 e. The lowest BCUT2D eigenvalue weighted by molar-refractivity contribution is -0.126. The van der Waals surface area contributed by atoms with E-state index in [1.165, 1.54) is 30.4 Å². The first-order chi connectivity index (χ1) is 11.3. The van der Waals surface area contributed by atoms with Crippen LogP contribution in [0.1, 0.15) is 54.8 Å². The summed E-state index contributed by atoms with van der Waals surface area (Å²) in [6.07, 6.45) is 5.68. The molecular weight excluding hydrogens is 282 g/mol. The molecule has 0 radical (unpaired) electrons. The van der Waals surface area contributed by atoms with E-state index in [4.69, 9.17) is 0 Å². The Bertz CT molecular complexity index is 644. The van der Waals surface area contributed by atoms with Gasteiger partial charge in [0.15, 0.2) is 0 Å². The van der Waals surface area contributed by atoms with Crippen LogP contribution in [0.3, 0.4) is 0 Å². The van der Waals surface area contributed by atoms with Gasteiger partial charge in [-0.15, -0.1) is 0 Å². The fraction of sp³-hybridized carbons (Fsp3) is 0.381. The van der Waals surface area contributed by atoms with Gasteiger partial charge >= 0.3 is 0 Å². The highest BCUT2D eigenvalue weighted by Crippen LogP contribution is 2.28. The van der Waals surface area contributed by atoms with Crippen LogP contribution in [0.25, 0.3) is 0 Å². The Morgan fingerprint density at radius 3 is 2.30 bits per heavy atom. The Hall–Kier alpha value is -2.09. The monoisotopic (exact) mass is 307 g/mol. The minimum absolute atomic E-state index is 0.0631. The van der Waals surface area contributed by atoms with E-state index in [0.29, 0.717) is 0 Å². The van der Waals surface area contributed by atoms with Crippen LogP contribution in [-0.4, -0.2) is 5.91 Å². The van der Waals surface area contributed by atoms with Crippen molar-refractivity contribution in [1.82, 2.24) is 5.32 Å². The maximum Gasteiger partial charge on any atom is 0.223 e. The summed E-state index contributed by atoms with van der Waals surface area (Å²) < 4.78 is 0. The Balaban J connectivity index is 1.87. The van der Waals surface area contributed by atoms with Crippen LogP contribution in [0.5, 0.6) is 0 Å². The first-order valence-corrected chi connectivity index (χ1v) is 8.66. The van der Waals surface area contributed by atoms with E-state index in [1.54, 1.807) is 0 Å². The second-order valence-corrected chi connectivity index (χ2v) is 6.54. The third-order valence-electron chi connectivity index (χ3n) is 4.89. The number of nitrogens with one attached hydrogen (secondary N) is 1. The SMILES string of the molecule is Cc1ccccc1[C@@H](NC(=O)C1CCCCC1)c1ccccc1. The molecule has 0 unspecified atom stereocenters. The third-order valence-corrected chi connectivity index (χ3v) is 4.89. The van der Waals surface area contributed by atoms with Gasteiger partial charge in [0, 0.05) is 5.92 Å². The van der Waals surface area contributed by atoms with Gasteiger partial charge in [0.2, 0.25) is 5.91 Å². The molecule has 3 rings (SSSR count). The molecule has 1 saturated carbocycles. The minimum atomic E-state index is -0.0631. The average molecular weight is 307 g/mol. The zero-order valence-electron chi connectivity index (χ0n) is 13.8. The quantitative estimate of drug-likeness (QED) is 0.865. The maximum atomic E-state index is 12.8. The Morgan fingerprint density at radius 1 is 0.957 bits per heavy atom. The molecule has 0 aliphatic heterocycles. The van der Waals surface area contributed by atoms with Crippen LogP contribution in [0, 0.1) is 12.8 Å². The number of carbonyl (C=O) groups is 1. The predicted octanol–water partition coefficient (Wildman–Crippen LogP) is 4.78. The highest BCUT2D eigenvalue weighted by Gasteiger charge is 2.25. The van der Waals surface area contributed by atoms with Gasteiger partial charge in [0.1, 0.15) is 0 Å². The van der Waals surface area contributed by atoms with Crippen molar-refractivity contribution in [2.24, 2.45) is 5.92 Å². The molecule has 120 valence electrons. The lowest BCUT2D eigenvalue weighted by Gasteiger charge is -2.26. The van der Waals surface area contributed by atoms with E-state index in [0.717, 1.165) is 18.4 Å². The van der Waals surface area contributed by atoms with Gasteiger partial charge in [-0.3, -0.25) is 4.79 Å². The molecule has 2 nitrogen and oxygen atoms in total. The molecule has 23 heavy (non-hydrogen) atoms. The predicted molar refractivity (Wildman–Crippen MR) is 94.2 cm³/mol. The van der Waals surface area contributed by atoms with Crippen LogP contribution in [0.4, 0.5) is 0 Å². The molecule has 0 spiro atoms. The van der Waals surface area contributed by atoms with Crippen molar-refractivity contribution in [1.29, 1.82) is 0 Å². The van der Waals surface area contributed by atoms with Crippen molar-refractivity contribution in [3.05, 3.63) is 71.3 Å². The summed E-state index contributed by atoms with van der Waals surface area (Å²) in [4.78, 5) is 12.8. The topological polar surface area (TPSA) is 29.1 Å². The summed E-state index contributed by atoms with van der Waals surface area (Å²) >= 11 is 0. The van der Waals surface area contributed by atoms with Gasteiger partial charge < -0.3 is 5.32 Å². The normalized spacial score (nSPS) is 16.7. The molecule has 1 fully saturated rings. The number of hydrogen-bond donors (Lipinski definition) is 1. The number of carbonyl (C=O) groups excluding carboxylic acids is 1. The summed E-state index contributed by atoms with van der Waals surface area (Å²) in [5.41, 5.74) is 3.54. The molecule has 1 N–H and O–H groups in total. The summed E-state index contributed by atoms with van der Waals surface area (Å²) in [5.74, 6) is 0.390. The zero-order valence-corrected chi connectivity index (χ0v) is 13.8. The lowest BCUT2D eigenvalue weighted by Crippen LogP contribution is -2.35. The van der Waals surface area contributed by atoms with E-state index in [9.17, 15) is 4.79 Å². The van der Waals surface area contributed by atoms with Crippen molar-refractivity contribution in [3.8, 4) is 0 Å². The van der Waals surface area contributed by atoms with Gasteiger partial charge in [-0.2, -0.15) is 0 Å². The van der Waals surface area contributed by atoms with Gasteiger partial charge in [0.25, 0.3) is 0 Å².